The molecule has 1 heteroatoms. The molecule has 0 amide bonds. The highest BCUT2D eigenvalue weighted by Gasteiger charge is 2.01. The predicted molar refractivity (Wildman–Crippen MR) is 108 cm³/mol. The number of unbranched alkanes of at least 4 members (excludes halogenated alkanes) is 1. The van der Waals surface area contributed by atoms with Crippen LogP contribution in [0.2, 0.25) is 0 Å². The fourth-order valence-electron chi connectivity index (χ4n) is 2.41. The fourth-order valence-corrected chi connectivity index (χ4v) is 3.19. The van der Waals surface area contributed by atoms with Crippen molar-refractivity contribution in [1.29, 1.82) is 0 Å². The van der Waals surface area contributed by atoms with Gasteiger partial charge < -0.3 is 0 Å². The number of rotatable bonds is 9. The average Bonchev–Trinajstić information content (AvgIpc) is 2.62. The van der Waals surface area contributed by atoms with Gasteiger partial charge in [0.15, 0.2) is 0 Å². The Kier molecular flexibility index (Phi) is 8.86. The lowest BCUT2D eigenvalue weighted by molar-refractivity contribution is 0.898. The lowest BCUT2D eigenvalue weighted by Crippen LogP contribution is -1.94. The van der Waals surface area contributed by atoms with Gasteiger partial charge in [-0.05, 0) is 46.4 Å². The summed E-state index contributed by atoms with van der Waals surface area (Å²) in [7, 11) is 0. The van der Waals surface area contributed by atoms with Crippen molar-refractivity contribution in [2.45, 2.75) is 32.6 Å². The van der Waals surface area contributed by atoms with Crippen molar-refractivity contribution in [3.05, 3.63) is 101 Å². The topological polar surface area (TPSA) is 0 Å². The molecule has 2 aromatic rings. The van der Waals surface area contributed by atoms with Gasteiger partial charge in [-0.1, -0.05) is 74.0 Å². The van der Waals surface area contributed by atoms with Gasteiger partial charge in [0, 0.05) is 12.8 Å². The maximum Gasteiger partial charge on any atom is 0.00125 e. The van der Waals surface area contributed by atoms with E-state index < -0.39 is 0 Å². The van der Waals surface area contributed by atoms with Crippen LogP contribution in [-0.2, 0) is 12.8 Å². The monoisotopic (exact) mass is 334 g/mol. The normalized spacial score (nSPS) is 10.5. The third kappa shape index (κ3) is 7.55. The number of allylic oxidation sites excluding steroid dienone is 2. The van der Waals surface area contributed by atoms with Crippen LogP contribution in [0.4, 0.5) is 0 Å². The second-order valence-electron chi connectivity index (χ2n) is 5.79. The van der Waals surface area contributed by atoms with E-state index in [1.54, 1.807) is 0 Å². The zero-order valence-corrected chi connectivity index (χ0v) is 15.3. The van der Waals surface area contributed by atoms with Crippen molar-refractivity contribution in [2.75, 3.05) is 5.75 Å². The molecule has 0 nitrogen and oxygen atoms in total. The minimum atomic E-state index is 0.947. The van der Waals surface area contributed by atoms with Crippen molar-refractivity contribution in [2.24, 2.45) is 0 Å². The first kappa shape index (κ1) is 18.4. The summed E-state index contributed by atoms with van der Waals surface area (Å²) in [5.74, 6) is 1.20. The lowest BCUT2D eigenvalue weighted by Gasteiger charge is -2.05. The van der Waals surface area contributed by atoms with E-state index >= 15 is 0 Å². The van der Waals surface area contributed by atoms with Crippen LogP contribution in [0.5, 0.6) is 0 Å². The first-order valence-corrected chi connectivity index (χ1v) is 9.72. The third-order valence-electron chi connectivity index (χ3n) is 3.69. The Morgan fingerprint density at radius 3 is 2.04 bits per heavy atom. The number of hydrogen-bond acceptors (Lipinski definition) is 1. The molecule has 24 heavy (non-hydrogen) atoms. The second-order valence-corrected chi connectivity index (χ2v) is 6.81. The van der Waals surface area contributed by atoms with E-state index in [1.807, 2.05) is 11.8 Å². The van der Waals surface area contributed by atoms with E-state index in [0.717, 1.165) is 12.8 Å². The van der Waals surface area contributed by atoms with E-state index in [4.69, 9.17) is 0 Å². The van der Waals surface area contributed by atoms with E-state index in [-0.39, 0.29) is 0 Å². The molecule has 124 valence electrons. The van der Waals surface area contributed by atoms with Crippen LogP contribution in [0.25, 0.3) is 0 Å². The average molecular weight is 335 g/mol. The Bertz CT molecular complexity index is 618. The highest BCUT2D eigenvalue weighted by molar-refractivity contribution is 8.02. The van der Waals surface area contributed by atoms with Crippen LogP contribution in [0.15, 0.2) is 89.5 Å². The van der Waals surface area contributed by atoms with Crippen molar-refractivity contribution in [3.8, 4) is 0 Å². The summed E-state index contributed by atoms with van der Waals surface area (Å²) in [5.41, 5.74) is 7.49. The van der Waals surface area contributed by atoms with Crippen molar-refractivity contribution >= 4 is 11.8 Å². The summed E-state index contributed by atoms with van der Waals surface area (Å²) in [4.78, 5) is 0. The van der Waals surface area contributed by atoms with E-state index in [0.29, 0.717) is 0 Å². The molecule has 0 bridgehead atoms. The van der Waals surface area contributed by atoms with E-state index in [1.165, 1.54) is 35.3 Å². The molecule has 0 saturated heterocycles. The molecule has 0 aliphatic heterocycles. The van der Waals surface area contributed by atoms with Gasteiger partial charge >= 0.3 is 0 Å². The summed E-state index contributed by atoms with van der Waals surface area (Å²) >= 11 is 1.88. The summed E-state index contributed by atoms with van der Waals surface area (Å²) < 4.78 is 0. The Balaban J connectivity index is 2.05. The van der Waals surface area contributed by atoms with Crippen LogP contribution in [-0.4, -0.2) is 5.75 Å². The van der Waals surface area contributed by atoms with E-state index in [9.17, 15) is 0 Å². The molecule has 0 aliphatic carbocycles. The molecule has 0 spiro atoms. The van der Waals surface area contributed by atoms with Gasteiger partial charge in [-0.3, -0.25) is 0 Å². The minimum absolute atomic E-state index is 0.947. The summed E-state index contributed by atoms with van der Waals surface area (Å²) in [6.45, 7) is 2.23. The molecule has 0 heterocycles. The largest absolute Gasteiger partial charge is 0.134 e. The molecule has 2 aromatic carbocycles. The van der Waals surface area contributed by atoms with Gasteiger partial charge in [0.25, 0.3) is 0 Å². The fraction of sp³-hybridized carbons (Fsp3) is 0.261. The van der Waals surface area contributed by atoms with Gasteiger partial charge in [0.2, 0.25) is 0 Å². The zero-order valence-electron chi connectivity index (χ0n) is 14.4. The molecular weight excluding hydrogens is 308 g/mol. The van der Waals surface area contributed by atoms with Crippen LogP contribution in [0.3, 0.4) is 0 Å². The SMILES string of the molecule is CCCCS/C=C/C=C=C(Cc1ccccc1)Cc1ccccc1. The van der Waals surface area contributed by atoms with Crippen LogP contribution >= 0.6 is 11.8 Å². The van der Waals surface area contributed by atoms with Crippen molar-refractivity contribution in [1.82, 2.24) is 0 Å². The van der Waals surface area contributed by atoms with Gasteiger partial charge in [-0.2, -0.15) is 0 Å². The summed E-state index contributed by atoms with van der Waals surface area (Å²) in [6, 6.07) is 21.3. The van der Waals surface area contributed by atoms with E-state index in [2.05, 4.69) is 90.9 Å². The molecular formula is C23H26S. The van der Waals surface area contributed by atoms with Crippen molar-refractivity contribution in [3.63, 3.8) is 0 Å². The summed E-state index contributed by atoms with van der Waals surface area (Å²) in [5, 5.41) is 2.17. The molecule has 0 fully saturated rings. The second kappa shape index (κ2) is 11.6. The summed E-state index contributed by atoms with van der Waals surface area (Å²) in [6.07, 6.45) is 8.60. The highest BCUT2D eigenvalue weighted by Crippen LogP contribution is 2.13. The maximum atomic E-state index is 3.50. The predicted octanol–water partition coefficient (Wildman–Crippen LogP) is 6.60. The molecule has 0 radical (unpaired) electrons. The Hall–Kier alpha value is -1.95. The quantitative estimate of drug-likeness (QED) is 0.283. The third-order valence-corrected chi connectivity index (χ3v) is 4.57. The molecule has 2 rings (SSSR count). The van der Waals surface area contributed by atoms with Gasteiger partial charge in [-0.25, -0.2) is 0 Å². The zero-order chi connectivity index (χ0) is 16.9. The molecule has 0 saturated carbocycles. The van der Waals surface area contributed by atoms with Gasteiger partial charge in [-0.15, -0.1) is 17.5 Å². The first-order chi connectivity index (χ1) is 11.9. The minimum Gasteiger partial charge on any atom is -0.134 e. The Morgan fingerprint density at radius 2 is 1.50 bits per heavy atom. The molecule has 0 atom stereocenters. The molecule has 0 aromatic heterocycles. The van der Waals surface area contributed by atoms with Crippen molar-refractivity contribution < 1.29 is 0 Å². The number of benzene rings is 2. The Labute approximate surface area is 151 Å². The Morgan fingerprint density at radius 1 is 0.917 bits per heavy atom. The smallest absolute Gasteiger partial charge is 0.00125 e. The van der Waals surface area contributed by atoms with Crippen LogP contribution in [0.1, 0.15) is 30.9 Å². The maximum absolute atomic E-state index is 3.50. The standard InChI is InChI=1S/C23H26S/c1-2-3-17-24-18-11-10-16-23(19-21-12-6-4-7-13-21)20-22-14-8-5-9-15-22/h4-15,18H,2-3,17,19-20H2,1H3/b18-11+. The molecule has 0 N–H and O–H groups in total. The van der Waals surface area contributed by atoms with Gasteiger partial charge in [0.05, 0.1) is 0 Å². The molecule has 0 unspecified atom stereocenters. The number of thioether (sulfide) groups is 1. The first-order valence-electron chi connectivity index (χ1n) is 8.67. The highest BCUT2D eigenvalue weighted by atomic mass is 32.2. The van der Waals surface area contributed by atoms with Gasteiger partial charge in [0.1, 0.15) is 0 Å². The molecule has 0 aliphatic rings. The van der Waals surface area contributed by atoms with Crippen LogP contribution in [0, 0.1) is 0 Å². The van der Waals surface area contributed by atoms with Crippen LogP contribution < -0.4 is 0 Å². The number of hydrogen-bond donors (Lipinski definition) is 0. The lowest BCUT2D eigenvalue weighted by atomic mass is 9.99.